The topological polar surface area (TPSA) is 41.7 Å². The number of hydrogen-bond donors (Lipinski definition) is 1. The number of nitrogens with one attached hydrogen (secondary N) is 1. The Labute approximate surface area is 86.1 Å². The molecule has 0 radical (unpaired) electrons. The van der Waals surface area contributed by atoms with E-state index in [1.54, 1.807) is 18.6 Å². The maximum Gasteiger partial charge on any atom is 0.147 e. The summed E-state index contributed by atoms with van der Waals surface area (Å²) in [5, 5.41) is 7.95. The minimum atomic E-state index is 0.259. The summed E-state index contributed by atoms with van der Waals surface area (Å²) >= 11 is 5.77. The Kier molecular flexibility index (Phi) is 2.33. The number of aromatic nitrogens is 2. The third-order valence-electron chi connectivity index (χ3n) is 1.84. The molecule has 0 aliphatic carbocycles. The van der Waals surface area contributed by atoms with Crippen molar-refractivity contribution < 1.29 is 0 Å². The first-order chi connectivity index (χ1) is 6.75. The van der Waals surface area contributed by atoms with Crippen LogP contribution in [0.1, 0.15) is 0 Å². The summed E-state index contributed by atoms with van der Waals surface area (Å²) in [7, 11) is 0. The van der Waals surface area contributed by atoms with Crippen LogP contribution in [0.3, 0.4) is 0 Å². The van der Waals surface area contributed by atoms with Gasteiger partial charge in [0.25, 0.3) is 0 Å². The third-order valence-corrected chi connectivity index (χ3v) is 2.09. The molecule has 1 aromatic heterocycles. The van der Waals surface area contributed by atoms with Crippen LogP contribution in [-0.4, -0.2) is 9.55 Å². The van der Waals surface area contributed by atoms with Crippen LogP contribution in [0.25, 0.3) is 5.69 Å². The predicted molar refractivity (Wildman–Crippen MR) is 54.4 cm³/mol. The molecule has 2 aromatic rings. The van der Waals surface area contributed by atoms with E-state index in [9.17, 15) is 0 Å². The van der Waals surface area contributed by atoms with Crippen molar-refractivity contribution in [1.29, 1.82) is 5.41 Å². The highest BCUT2D eigenvalue weighted by Crippen LogP contribution is 2.11. The summed E-state index contributed by atoms with van der Waals surface area (Å²) in [6.45, 7) is 0. The molecule has 1 N–H and O–H groups in total. The van der Waals surface area contributed by atoms with Crippen molar-refractivity contribution in [2.24, 2.45) is 0 Å². The SMILES string of the molecule is N=c1ccn(-c2ccc(Cl)cc2)cn1. The van der Waals surface area contributed by atoms with Gasteiger partial charge in [-0.25, -0.2) is 4.98 Å². The molecule has 0 aliphatic rings. The largest absolute Gasteiger partial charge is 0.308 e. The zero-order chi connectivity index (χ0) is 9.97. The van der Waals surface area contributed by atoms with E-state index in [1.807, 2.05) is 28.8 Å². The Morgan fingerprint density at radius 3 is 2.43 bits per heavy atom. The van der Waals surface area contributed by atoms with Crippen LogP contribution >= 0.6 is 11.6 Å². The minimum absolute atomic E-state index is 0.259. The van der Waals surface area contributed by atoms with Gasteiger partial charge in [-0.1, -0.05) is 11.6 Å². The molecular formula is C10H8ClN3. The summed E-state index contributed by atoms with van der Waals surface area (Å²) in [5.41, 5.74) is 1.23. The fourth-order valence-electron chi connectivity index (χ4n) is 1.12. The van der Waals surface area contributed by atoms with Gasteiger partial charge in [0.1, 0.15) is 11.8 Å². The highest BCUT2D eigenvalue weighted by Gasteiger charge is 1.93. The monoisotopic (exact) mass is 205 g/mol. The fourth-order valence-corrected chi connectivity index (χ4v) is 1.25. The smallest absolute Gasteiger partial charge is 0.147 e. The summed E-state index contributed by atoms with van der Waals surface area (Å²) in [6.07, 6.45) is 3.39. The molecule has 14 heavy (non-hydrogen) atoms. The van der Waals surface area contributed by atoms with Crippen molar-refractivity contribution in [2.45, 2.75) is 0 Å². The van der Waals surface area contributed by atoms with E-state index in [0.29, 0.717) is 5.02 Å². The quantitative estimate of drug-likeness (QED) is 0.760. The first-order valence-electron chi connectivity index (χ1n) is 4.10. The van der Waals surface area contributed by atoms with E-state index in [2.05, 4.69) is 4.98 Å². The fraction of sp³-hybridized carbons (Fsp3) is 0. The highest BCUT2D eigenvalue weighted by atomic mass is 35.5. The number of benzene rings is 1. The van der Waals surface area contributed by atoms with Crippen LogP contribution in [0.4, 0.5) is 0 Å². The van der Waals surface area contributed by atoms with E-state index < -0.39 is 0 Å². The van der Waals surface area contributed by atoms with Gasteiger partial charge in [0.05, 0.1) is 0 Å². The van der Waals surface area contributed by atoms with Crippen LogP contribution in [-0.2, 0) is 0 Å². The molecule has 70 valence electrons. The molecule has 0 unspecified atom stereocenters. The zero-order valence-corrected chi connectivity index (χ0v) is 8.07. The van der Waals surface area contributed by atoms with E-state index >= 15 is 0 Å². The van der Waals surface area contributed by atoms with Crippen LogP contribution in [0.2, 0.25) is 5.02 Å². The molecule has 2 rings (SSSR count). The number of rotatable bonds is 1. The lowest BCUT2D eigenvalue weighted by Crippen LogP contribution is -2.07. The Morgan fingerprint density at radius 2 is 1.86 bits per heavy atom. The summed E-state index contributed by atoms with van der Waals surface area (Å²) in [4.78, 5) is 3.87. The average Bonchev–Trinajstić information content (AvgIpc) is 2.21. The number of nitrogens with zero attached hydrogens (tertiary/aromatic N) is 2. The van der Waals surface area contributed by atoms with Gasteiger partial charge in [0.15, 0.2) is 0 Å². The summed E-state index contributed by atoms with van der Waals surface area (Å²) in [5.74, 6) is 0. The molecular weight excluding hydrogens is 198 g/mol. The Balaban J connectivity index is 2.44. The van der Waals surface area contributed by atoms with E-state index in [-0.39, 0.29) is 5.49 Å². The van der Waals surface area contributed by atoms with Gasteiger partial charge in [-0.05, 0) is 30.3 Å². The molecule has 1 aromatic carbocycles. The normalized spacial score (nSPS) is 10.1. The third kappa shape index (κ3) is 1.83. The molecule has 0 saturated carbocycles. The number of halogens is 1. The molecule has 4 heteroatoms. The highest BCUT2D eigenvalue weighted by molar-refractivity contribution is 6.30. The van der Waals surface area contributed by atoms with E-state index in [1.165, 1.54) is 0 Å². The van der Waals surface area contributed by atoms with Gasteiger partial charge >= 0.3 is 0 Å². The molecule has 0 fully saturated rings. The molecule has 0 atom stereocenters. The Morgan fingerprint density at radius 1 is 1.14 bits per heavy atom. The number of hydrogen-bond acceptors (Lipinski definition) is 2. The maximum absolute atomic E-state index is 7.24. The maximum atomic E-state index is 7.24. The van der Waals surface area contributed by atoms with Crippen molar-refractivity contribution in [2.75, 3.05) is 0 Å². The van der Waals surface area contributed by atoms with E-state index in [4.69, 9.17) is 17.0 Å². The first-order valence-corrected chi connectivity index (χ1v) is 4.48. The first kappa shape index (κ1) is 8.97. The zero-order valence-electron chi connectivity index (χ0n) is 7.31. The second-order valence-corrected chi connectivity index (χ2v) is 3.27. The Hall–Kier alpha value is -1.61. The molecule has 0 bridgehead atoms. The molecule has 1 heterocycles. The summed E-state index contributed by atoms with van der Waals surface area (Å²) in [6, 6.07) is 9.06. The molecule has 0 spiro atoms. The van der Waals surface area contributed by atoms with Crippen LogP contribution < -0.4 is 5.49 Å². The van der Waals surface area contributed by atoms with E-state index in [0.717, 1.165) is 5.69 Å². The van der Waals surface area contributed by atoms with Gasteiger partial charge in [0, 0.05) is 16.9 Å². The van der Waals surface area contributed by atoms with Gasteiger partial charge in [-0.2, -0.15) is 0 Å². The van der Waals surface area contributed by atoms with Gasteiger partial charge < -0.3 is 4.57 Å². The van der Waals surface area contributed by atoms with Crippen LogP contribution in [0.5, 0.6) is 0 Å². The van der Waals surface area contributed by atoms with Crippen molar-refractivity contribution in [3.8, 4) is 5.69 Å². The van der Waals surface area contributed by atoms with Gasteiger partial charge in [0.2, 0.25) is 0 Å². The molecule has 3 nitrogen and oxygen atoms in total. The standard InChI is InChI=1S/C10H8ClN3/c11-8-1-3-9(4-2-8)14-6-5-10(12)13-7-14/h1-7,12H. The molecule has 0 saturated heterocycles. The predicted octanol–water partition coefficient (Wildman–Crippen LogP) is 2.01. The second-order valence-electron chi connectivity index (χ2n) is 2.83. The minimum Gasteiger partial charge on any atom is -0.308 e. The van der Waals surface area contributed by atoms with Crippen LogP contribution in [0, 0.1) is 5.41 Å². The van der Waals surface area contributed by atoms with Crippen molar-refractivity contribution in [3.63, 3.8) is 0 Å². The van der Waals surface area contributed by atoms with Gasteiger partial charge in [-0.15, -0.1) is 0 Å². The molecule has 0 aliphatic heterocycles. The second kappa shape index (κ2) is 3.64. The molecule has 0 amide bonds. The Bertz CT molecular complexity index is 467. The lowest BCUT2D eigenvalue weighted by atomic mass is 10.3. The lowest BCUT2D eigenvalue weighted by molar-refractivity contribution is 0.933. The van der Waals surface area contributed by atoms with Crippen LogP contribution in [0.15, 0.2) is 42.9 Å². The van der Waals surface area contributed by atoms with Crippen molar-refractivity contribution >= 4 is 11.6 Å². The van der Waals surface area contributed by atoms with Crippen molar-refractivity contribution in [3.05, 3.63) is 53.4 Å². The average molecular weight is 206 g/mol. The van der Waals surface area contributed by atoms with Crippen molar-refractivity contribution in [1.82, 2.24) is 9.55 Å². The lowest BCUT2D eigenvalue weighted by Gasteiger charge is -2.04. The summed E-state index contributed by atoms with van der Waals surface area (Å²) < 4.78 is 1.83. The van der Waals surface area contributed by atoms with Gasteiger partial charge in [-0.3, -0.25) is 5.41 Å².